The molecule has 0 aliphatic rings. The summed E-state index contributed by atoms with van der Waals surface area (Å²) in [6.07, 6.45) is 3.32. The van der Waals surface area contributed by atoms with Crippen LogP contribution in [-0.4, -0.2) is 29.6 Å². The molecule has 0 radical (unpaired) electrons. The van der Waals surface area contributed by atoms with E-state index < -0.39 is 0 Å². The summed E-state index contributed by atoms with van der Waals surface area (Å²) in [7, 11) is 1.50. The largest absolute Gasteiger partial charge is 0.439 e. The van der Waals surface area contributed by atoms with Crippen molar-refractivity contribution in [2.75, 3.05) is 18.6 Å². The first kappa shape index (κ1) is 19.5. The molecule has 1 amide bonds. The van der Waals surface area contributed by atoms with Gasteiger partial charge in [-0.3, -0.25) is 9.78 Å². The van der Waals surface area contributed by atoms with Gasteiger partial charge in [-0.1, -0.05) is 23.8 Å². The number of amides is 1. The molecule has 6 heteroatoms. The van der Waals surface area contributed by atoms with Crippen molar-refractivity contribution in [2.24, 2.45) is 0 Å². The molecule has 6 nitrogen and oxygen atoms in total. The first-order valence-electron chi connectivity index (χ1n) is 8.97. The van der Waals surface area contributed by atoms with Crippen LogP contribution >= 0.6 is 0 Å². The number of carbonyl (C=O) groups excluding carboxylic acids is 1. The number of carbonyl (C=O) groups is 1. The van der Waals surface area contributed by atoms with Crippen LogP contribution in [0.15, 0.2) is 60.9 Å². The molecule has 0 fully saturated rings. The summed E-state index contributed by atoms with van der Waals surface area (Å²) in [4.78, 5) is 22.8. The van der Waals surface area contributed by atoms with Crippen molar-refractivity contribution < 1.29 is 14.3 Å². The minimum atomic E-state index is -0.169. The summed E-state index contributed by atoms with van der Waals surface area (Å²) < 4.78 is 10.9. The highest BCUT2D eigenvalue weighted by Gasteiger charge is 2.17. The number of aromatic nitrogens is 2. The van der Waals surface area contributed by atoms with Crippen LogP contribution in [0.4, 0.5) is 5.69 Å². The minimum absolute atomic E-state index is 0.0202. The Hall–Kier alpha value is -3.25. The number of anilines is 1. The maximum atomic E-state index is 12.5. The molecule has 0 spiro atoms. The fraction of sp³-hybridized carbons (Fsp3) is 0.227. The zero-order valence-corrected chi connectivity index (χ0v) is 16.3. The molecule has 0 N–H and O–H groups in total. The van der Waals surface area contributed by atoms with Crippen molar-refractivity contribution in [3.63, 3.8) is 0 Å². The van der Waals surface area contributed by atoms with E-state index in [0.717, 1.165) is 17.0 Å². The first-order chi connectivity index (χ1) is 13.6. The zero-order chi connectivity index (χ0) is 19.9. The lowest BCUT2D eigenvalue weighted by molar-refractivity contribution is -0.122. The van der Waals surface area contributed by atoms with Gasteiger partial charge in [-0.15, -0.1) is 0 Å². The second-order valence-corrected chi connectivity index (χ2v) is 6.46. The number of benzene rings is 1. The van der Waals surface area contributed by atoms with E-state index in [0.29, 0.717) is 18.1 Å². The summed E-state index contributed by atoms with van der Waals surface area (Å²) >= 11 is 0. The molecule has 0 bridgehead atoms. The smallest absolute Gasteiger partial charge is 0.253 e. The van der Waals surface area contributed by atoms with Crippen molar-refractivity contribution in [1.29, 1.82) is 0 Å². The number of nitrogens with zero attached hydrogens (tertiary/aromatic N) is 3. The number of hydrogen-bond acceptors (Lipinski definition) is 5. The van der Waals surface area contributed by atoms with Crippen LogP contribution in [0.5, 0.6) is 11.6 Å². The Labute approximate surface area is 164 Å². The fourth-order valence-electron chi connectivity index (χ4n) is 2.80. The van der Waals surface area contributed by atoms with E-state index in [-0.39, 0.29) is 12.5 Å². The molecule has 0 saturated heterocycles. The van der Waals surface area contributed by atoms with Crippen LogP contribution in [0.1, 0.15) is 16.8 Å². The van der Waals surface area contributed by atoms with Crippen LogP contribution in [0, 0.1) is 13.8 Å². The van der Waals surface area contributed by atoms with Crippen LogP contribution in [-0.2, 0) is 16.1 Å². The van der Waals surface area contributed by atoms with E-state index in [2.05, 4.69) is 16.0 Å². The molecular weight excluding hydrogens is 354 g/mol. The van der Waals surface area contributed by atoms with Crippen molar-refractivity contribution in [2.45, 2.75) is 20.4 Å². The molecule has 0 aliphatic carbocycles. The summed E-state index contributed by atoms with van der Waals surface area (Å²) in [5, 5.41) is 0. The van der Waals surface area contributed by atoms with Crippen molar-refractivity contribution in [3.8, 4) is 11.6 Å². The summed E-state index contributed by atoms with van der Waals surface area (Å²) in [6, 6.07) is 15.1. The number of aryl methyl sites for hydroxylation is 2. The molecule has 144 valence electrons. The van der Waals surface area contributed by atoms with Crippen molar-refractivity contribution in [3.05, 3.63) is 77.7 Å². The molecule has 3 rings (SSSR count). The summed E-state index contributed by atoms with van der Waals surface area (Å²) in [6.45, 7) is 4.35. The quantitative estimate of drug-likeness (QED) is 0.621. The van der Waals surface area contributed by atoms with Gasteiger partial charge in [0.2, 0.25) is 5.88 Å². The Morgan fingerprint density at radius 3 is 2.57 bits per heavy atom. The van der Waals surface area contributed by atoms with Gasteiger partial charge in [-0.25, -0.2) is 4.98 Å². The number of ether oxygens (including phenoxy) is 2. The Morgan fingerprint density at radius 1 is 1.07 bits per heavy atom. The third-order valence-corrected chi connectivity index (χ3v) is 4.19. The minimum Gasteiger partial charge on any atom is -0.439 e. The Morgan fingerprint density at radius 2 is 1.93 bits per heavy atom. The van der Waals surface area contributed by atoms with Gasteiger partial charge in [0.05, 0.1) is 24.1 Å². The number of rotatable bonds is 7. The number of pyridine rings is 2. The topological polar surface area (TPSA) is 64.5 Å². The Bertz CT molecular complexity index is 928. The third kappa shape index (κ3) is 4.92. The first-order valence-corrected chi connectivity index (χ1v) is 8.97. The highest BCUT2D eigenvalue weighted by atomic mass is 16.5. The zero-order valence-electron chi connectivity index (χ0n) is 16.3. The van der Waals surface area contributed by atoms with Crippen molar-refractivity contribution >= 4 is 11.6 Å². The van der Waals surface area contributed by atoms with Gasteiger partial charge in [0, 0.05) is 19.4 Å². The molecule has 3 aromatic rings. The van der Waals surface area contributed by atoms with Gasteiger partial charge in [0.1, 0.15) is 12.4 Å². The van der Waals surface area contributed by atoms with Gasteiger partial charge in [-0.05, 0) is 43.7 Å². The Balaban J connectivity index is 1.80. The second-order valence-electron chi connectivity index (χ2n) is 6.46. The summed E-state index contributed by atoms with van der Waals surface area (Å²) in [5.41, 5.74) is 3.65. The van der Waals surface area contributed by atoms with E-state index in [1.54, 1.807) is 23.4 Å². The van der Waals surface area contributed by atoms with Crippen LogP contribution in [0.2, 0.25) is 0 Å². The Kier molecular flexibility index (Phi) is 6.34. The number of hydrogen-bond donors (Lipinski definition) is 0. The number of methoxy groups -OCH3 is 1. The van der Waals surface area contributed by atoms with Crippen LogP contribution in [0.3, 0.4) is 0 Å². The molecule has 2 heterocycles. The van der Waals surface area contributed by atoms with Gasteiger partial charge >= 0.3 is 0 Å². The lowest BCUT2D eigenvalue weighted by Crippen LogP contribution is -2.33. The summed E-state index contributed by atoms with van der Waals surface area (Å²) in [5.74, 6) is 1.05. The predicted molar refractivity (Wildman–Crippen MR) is 108 cm³/mol. The molecule has 0 saturated carbocycles. The molecular formula is C22H23N3O3. The molecule has 0 aliphatic heterocycles. The van der Waals surface area contributed by atoms with E-state index in [9.17, 15) is 4.79 Å². The van der Waals surface area contributed by atoms with Crippen LogP contribution < -0.4 is 9.64 Å². The lowest BCUT2D eigenvalue weighted by Gasteiger charge is -2.22. The van der Waals surface area contributed by atoms with Gasteiger partial charge in [0.15, 0.2) is 0 Å². The molecule has 0 atom stereocenters. The average Bonchev–Trinajstić information content (AvgIpc) is 2.70. The SMILES string of the molecule is COCC(=O)N(Cc1ccccn1)c1ccc(Oc2ccc(C)cc2C)nc1. The highest BCUT2D eigenvalue weighted by Crippen LogP contribution is 2.26. The second kappa shape index (κ2) is 9.10. The highest BCUT2D eigenvalue weighted by molar-refractivity contribution is 5.94. The van der Waals surface area contributed by atoms with Gasteiger partial charge in [0.25, 0.3) is 5.91 Å². The predicted octanol–water partition coefficient (Wildman–Crippen LogP) is 4.07. The van der Waals surface area contributed by atoms with Gasteiger partial charge in [-0.2, -0.15) is 0 Å². The normalized spacial score (nSPS) is 10.5. The standard InChI is InChI=1S/C22H23N3O3/c1-16-7-9-20(17(2)12-16)28-21-10-8-19(13-24-21)25(22(26)15-27-3)14-18-6-4-5-11-23-18/h4-13H,14-15H2,1-3H3. The maximum Gasteiger partial charge on any atom is 0.253 e. The molecule has 2 aromatic heterocycles. The lowest BCUT2D eigenvalue weighted by atomic mass is 10.1. The van der Waals surface area contributed by atoms with Crippen molar-refractivity contribution in [1.82, 2.24) is 9.97 Å². The monoisotopic (exact) mass is 377 g/mol. The molecule has 0 unspecified atom stereocenters. The molecule has 28 heavy (non-hydrogen) atoms. The van der Waals surface area contributed by atoms with E-state index >= 15 is 0 Å². The van der Waals surface area contributed by atoms with Crippen LogP contribution in [0.25, 0.3) is 0 Å². The molecule has 1 aromatic carbocycles. The van der Waals surface area contributed by atoms with E-state index in [4.69, 9.17) is 9.47 Å². The van der Waals surface area contributed by atoms with E-state index in [1.165, 1.54) is 12.7 Å². The third-order valence-electron chi connectivity index (χ3n) is 4.19. The van der Waals surface area contributed by atoms with E-state index in [1.807, 2.05) is 50.2 Å². The average molecular weight is 377 g/mol. The van der Waals surface area contributed by atoms with Gasteiger partial charge < -0.3 is 14.4 Å². The fourth-order valence-corrected chi connectivity index (χ4v) is 2.80. The maximum absolute atomic E-state index is 12.5.